The molecule has 1 aliphatic carbocycles. The van der Waals surface area contributed by atoms with Crippen molar-refractivity contribution >= 4 is 0 Å². The molecule has 0 unspecified atom stereocenters. The number of hydrogen-bond donors (Lipinski definition) is 0. The van der Waals surface area contributed by atoms with Crippen LogP contribution in [0.1, 0.15) is 56.6 Å². The second-order valence-corrected chi connectivity index (χ2v) is 6.71. The first kappa shape index (κ1) is 18.1. The van der Waals surface area contributed by atoms with Crippen LogP contribution in [0.4, 0.5) is 8.78 Å². The van der Waals surface area contributed by atoms with Gasteiger partial charge in [0.05, 0.1) is 6.61 Å². The molecule has 0 heterocycles. The van der Waals surface area contributed by atoms with E-state index >= 15 is 0 Å². The highest BCUT2D eigenvalue weighted by molar-refractivity contribution is 5.22. The number of rotatable bonds is 8. The number of allylic oxidation sites excluding steroid dienone is 1. The number of ether oxygens (including phenoxy) is 1. The summed E-state index contributed by atoms with van der Waals surface area (Å²) >= 11 is 0. The minimum Gasteiger partial charge on any atom is -0.316 e. The summed E-state index contributed by atoms with van der Waals surface area (Å²) in [7, 11) is 0. The summed E-state index contributed by atoms with van der Waals surface area (Å²) < 4.78 is 33.0. The van der Waals surface area contributed by atoms with Gasteiger partial charge in [0.15, 0.2) is 0 Å². The first-order valence-corrected chi connectivity index (χ1v) is 8.74. The Morgan fingerprint density at radius 3 is 2.30 bits per heavy atom. The lowest BCUT2D eigenvalue weighted by molar-refractivity contribution is -0.256. The molecule has 1 aromatic rings. The summed E-state index contributed by atoms with van der Waals surface area (Å²) in [5, 5.41) is 0. The van der Waals surface area contributed by atoms with Gasteiger partial charge in [0.25, 0.3) is 0 Å². The van der Waals surface area contributed by atoms with Crippen molar-refractivity contribution in [3.63, 3.8) is 0 Å². The Bertz CT molecular complexity index is 473. The lowest BCUT2D eigenvalue weighted by atomic mass is 9.80. The van der Waals surface area contributed by atoms with E-state index in [4.69, 9.17) is 4.74 Å². The smallest absolute Gasteiger partial charge is 0.316 e. The van der Waals surface area contributed by atoms with Crippen LogP contribution in [0.2, 0.25) is 0 Å². The van der Waals surface area contributed by atoms with E-state index in [-0.39, 0.29) is 18.9 Å². The molecule has 2 rings (SSSR count). The van der Waals surface area contributed by atoms with E-state index < -0.39 is 6.11 Å². The van der Waals surface area contributed by atoms with Crippen molar-refractivity contribution in [2.75, 3.05) is 0 Å². The number of halogens is 2. The van der Waals surface area contributed by atoms with Crippen LogP contribution >= 0.6 is 0 Å². The lowest BCUT2D eigenvalue weighted by Crippen LogP contribution is -2.26. The Hall–Kier alpha value is -1.22. The van der Waals surface area contributed by atoms with E-state index in [9.17, 15) is 8.78 Å². The third-order valence-corrected chi connectivity index (χ3v) is 4.76. The quantitative estimate of drug-likeness (QED) is 0.523. The number of hydrogen-bond acceptors (Lipinski definition) is 1. The van der Waals surface area contributed by atoms with Crippen molar-refractivity contribution in [2.24, 2.45) is 11.8 Å². The fraction of sp³-hybridized carbons (Fsp3) is 0.600. The maximum atomic E-state index is 14.0. The molecule has 128 valence electrons. The maximum Gasteiger partial charge on any atom is 0.356 e. The van der Waals surface area contributed by atoms with Gasteiger partial charge >= 0.3 is 6.11 Å². The van der Waals surface area contributed by atoms with E-state index in [0.717, 1.165) is 44.1 Å². The fourth-order valence-corrected chi connectivity index (χ4v) is 3.30. The minimum atomic E-state index is -3.03. The molecule has 3 heteroatoms. The molecule has 0 radical (unpaired) electrons. The first-order valence-electron chi connectivity index (χ1n) is 8.74. The molecule has 0 atom stereocenters. The van der Waals surface area contributed by atoms with E-state index in [1.54, 1.807) is 0 Å². The van der Waals surface area contributed by atoms with Crippen LogP contribution in [0.25, 0.3) is 0 Å². The molecular weight excluding hydrogens is 294 g/mol. The molecule has 0 aliphatic heterocycles. The fourth-order valence-electron chi connectivity index (χ4n) is 3.30. The van der Waals surface area contributed by atoms with Gasteiger partial charge < -0.3 is 4.74 Å². The van der Waals surface area contributed by atoms with Crippen molar-refractivity contribution in [3.8, 4) is 0 Å². The third kappa shape index (κ3) is 6.06. The van der Waals surface area contributed by atoms with Crippen LogP contribution in [-0.4, -0.2) is 6.11 Å². The van der Waals surface area contributed by atoms with Gasteiger partial charge in [-0.05, 0) is 55.1 Å². The molecule has 0 bridgehead atoms. The highest BCUT2D eigenvalue weighted by Gasteiger charge is 2.35. The molecule has 1 nitrogen and oxygen atoms in total. The van der Waals surface area contributed by atoms with Gasteiger partial charge in [-0.1, -0.05) is 43.7 Å². The summed E-state index contributed by atoms with van der Waals surface area (Å²) in [5.74, 6) is 0.565. The maximum absolute atomic E-state index is 14.0. The normalized spacial score (nSPS) is 22.0. The third-order valence-electron chi connectivity index (χ3n) is 4.76. The zero-order valence-electron chi connectivity index (χ0n) is 14.1. The minimum absolute atomic E-state index is 0.0264. The van der Waals surface area contributed by atoms with Gasteiger partial charge in [0.2, 0.25) is 0 Å². The Labute approximate surface area is 138 Å². The van der Waals surface area contributed by atoms with Crippen LogP contribution < -0.4 is 0 Å². The summed E-state index contributed by atoms with van der Waals surface area (Å²) in [6, 6.07) is 7.76. The Kier molecular flexibility index (Phi) is 6.76. The SMILES string of the molecule is C=C[C@H]1CC[C@H](CC(F)(F)OCc2ccc(CCC)cc2)CC1. The van der Waals surface area contributed by atoms with E-state index in [1.165, 1.54) is 5.56 Å². The van der Waals surface area contributed by atoms with E-state index in [0.29, 0.717) is 5.92 Å². The van der Waals surface area contributed by atoms with Crippen molar-refractivity contribution in [2.45, 2.75) is 64.6 Å². The molecule has 1 aromatic carbocycles. The van der Waals surface area contributed by atoms with Crippen molar-refractivity contribution in [1.29, 1.82) is 0 Å². The Balaban J connectivity index is 1.78. The number of benzene rings is 1. The highest BCUT2D eigenvalue weighted by atomic mass is 19.3. The van der Waals surface area contributed by atoms with Crippen LogP contribution in [0.15, 0.2) is 36.9 Å². The molecule has 1 saturated carbocycles. The standard InChI is InChI=1S/C20H28F2O/c1-3-5-17-8-12-19(13-9-17)15-23-20(21,22)14-18-10-6-16(4-2)7-11-18/h4,8-9,12-13,16,18H,2-3,5-7,10-11,14-15H2,1H3/t16-,18-. The van der Waals surface area contributed by atoms with Gasteiger partial charge in [-0.2, -0.15) is 8.78 Å². The van der Waals surface area contributed by atoms with E-state index in [1.807, 2.05) is 30.3 Å². The molecular formula is C20H28F2O. The van der Waals surface area contributed by atoms with Gasteiger partial charge in [-0.25, -0.2) is 0 Å². The first-order chi connectivity index (χ1) is 11.0. The van der Waals surface area contributed by atoms with Crippen LogP contribution in [0, 0.1) is 11.8 Å². The largest absolute Gasteiger partial charge is 0.356 e. The molecule has 0 aromatic heterocycles. The molecule has 1 fully saturated rings. The zero-order chi connectivity index (χ0) is 16.7. The lowest BCUT2D eigenvalue weighted by Gasteiger charge is -2.29. The van der Waals surface area contributed by atoms with Crippen LogP contribution in [0.3, 0.4) is 0 Å². The van der Waals surface area contributed by atoms with Crippen molar-refractivity contribution in [3.05, 3.63) is 48.0 Å². The molecule has 23 heavy (non-hydrogen) atoms. The average molecular weight is 322 g/mol. The monoisotopic (exact) mass is 322 g/mol. The average Bonchev–Trinajstić information content (AvgIpc) is 2.55. The Morgan fingerprint density at radius 2 is 1.74 bits per heavy atom. The predicted molar refractivity (Wildman–Crippen MR) is 90.4 cm³/mol. The number of alkyl halides is 2. The molecule has 0 saturated heterocycles. The summed E-state index contributed by atoms with van der Waals surface area (Å²) in [6.45, 7) is 5.89. The van der Waals surface area contributed by atoms with Crippen LogP contribution in [-0.2, 0) is 17.8 Å². The van der Waals surface area contributed by atoms with Gasteiger partial charge in [-0.15, -0.1) is 6.58 Å². The number of aryl methyl sites for hydroxylation is 1. The second-order valence-electron chi connectivity index (χ2n) is 6.71. The van der Waals surface area contributed by atoms with Gasteiger partial charge in [0.1, 0.15) is 0 Å². The van der Waals surface area contributed by atoms with Crippen LogP contribution in [0.5, 0.6) is 0 Å². The topological polar surface area (TPSA) is 9.23 Å². The summed E-state index contributed by atoms with van der Waals surface area (Å²) in [5.41, 5.74) is 2.04. The second kappa shape index (κ2) is 8.58. The van der Waals surface area contributed by atoms with Crippen molar-refractivity contribution < 1.29 is 13.5 Å². The summed E-state index contributed by atoms with van der Waals surface area (Å²) in [6.07, 6.45) is 4.51. The highest BCUT2D eigenvalue weighted by Crippen LogP contribution is 2.36. The molecule has 1 aliphatic rings. The van der Waals surface area contributed by atoms with Gasteiger partial charge in [-0.3, -0.25) is 0 Å². The Morgan fingerprint density at radius 1 is 1.13 bits per heavy atom. The van der Waals surface area contributed by atoms with E-state index in [2.05, 4.69) is 13.5 Å². The molecule has 0 spiro atoms. The predicted octanol–water partition coefficient (Wildman–Crippen LogP) is 6.13. The molecule has 0 amide bonds. The van der Waals surface area contributed by atoms with Crippen molar-refractivity contribution in [1.82, 2.24) is 0 Å². The molecule has 0 N–H and O–H groups in total. The van der Waals surface area contributed by atoms with Gasteiger partial charge in [0, 0.05) is 6.42 Å². The summed E-state index contributed by atoms with van der Waals surface area (Å²) in [4.78, 5) is 0. The zero-order valence-corrected chi connectivity index (χ0v) is 14.1.